The van der Waals surface area contributed by atoms with Crippen LogP contribution in [0.3, 0.4) is 0 Å². The minimum atomic E-state index is 0.0365. The van der Waals surface area contributed by atoms with E-state index in [0.717, 1.165) is 17.8 Å². The zero-order chi connectivity index (χ0) is 8.34. The highest BCUT2D eigenvalue weighted by atomic mass is 35.5. The number of halogens is 1. The number of allylic oxidation sites excluding steroid dienone is 1. The summed E-state index contributed by atoms with van der Waals surface area (Å²) in [5, 5.41) is 0. The Morgan fingerprint density at radius 1 is 1.17 bits per heavy atom. The lowest BCUT2D eigenvalue weighted by Crippen LogP contribution is -2.48. The lowest BCUT2D eigenvalue weighted by Gasteiger charge is -2.55. The van der Waals surface area contributed by atoms with E-state index < -0.39 is 0 Å². The smallest absolute Gasteiger partial charge is 0.0660 e. The van der Waals surface area contributed by atoms with Crippen molar-refractivity contribution in [2.75, 3.05) is 0 Å². The maximum absolute atomic E-state index is 6.58. The summed E-state index contributed by atoms with van der Waals surface area (Å²) in [6.45, 7) is 4.19. The van der Waals surface area contributed by atoms with Crippen LogP contribution in [0.1, 0.15) is 32.1 Å². The Morgan fingerprint density at radius 3 is 2.25 bits per heavy atom. The third-order valence-corrected chi connectivity index (χ3v) is 4.75. The van der Waals surface area contributed by atoms with Crippen molar-refractivity contribution in [3.05, 3.63) is 12.2 Å². The average molecular weight is 183 g/mol. The lowest BCUT2D eigenvalue weighted by atomic mass is 9.54. The summed E-state index contributed by atoms with van der Waals surface area (Å²) in [5.41, 5.74) is 1.37. The van der Waals surface area contributed by atoms with E-state index >= 15 is 0 Å². The van der Waals surface area contributed by atoms with Crippen molar-refractivity contribution in [2.24, 2.45) is 17.8 Å². The van der Waals surface area contributed by atoms with E-state index in [9.17, 15) is 0 Å². The van der Waals surface area contributed by atoms with Crippen molar-refractivity contribution in [3.63, 3.8) is 0 Å². The molecule has 66 valence electrons. The van der Waals surface area contributed by atoms with Crippen LogP contribution in [0.25, 0.3) is 0 Å². The quantitative estimate of drug-likeness (QED) is 0.398. The molecule has 4 fully saturated rings. The van der Waals surface area contributed by atoms with Gasteiger partial charge in [0.2, 0.25) is 0 Å². The van der Waals surface area contributed by atoms with Gasteiger partial charge >= 0.3 is 0 Å². The highest BCUT2D eigenvalue weighted by Crippen LogP contribution is 2.60. The summed E-state index contributed by atoms with van der Waals surface area (Å²) in [6, 6.07) is 0. The molecular weight excluding hydrogens is 168 g/mol. The molecule has 0 N–H and O–H groups in total. The summed E-state index contributed by atoms with van der Waals surface area (Å²) in [5.74, 6) is 2.66. The molecule has 0 spiro atoms. The molecule has 0 aromatic carbocycles. The number of hydrogen-bond acceptors (Lipinski definition) is 0. The highest BCUT2D eigenvalue weighted by molar-refractivity contribution is 6.26. The fraction of sp³-hybridized carbons (Fsp3) is 0.818. The molecule has 0 aliphatic heterocycles. The van der Waals surface area contributed by atoms with Crippen molar-refractivity contribution < 1.29 is 0 Å². The predicted molar refractivity (Wildman–Crippen MR) is 51.3 cm³/mol. The van der Waals surface area contributed by atoms with Gasteiger partial charge in [-0.3, -0.25) is 0 Å². The zero-order valence-corrected chi connectivity index (χ0v) is 8.11. The first-order valence-corrected chi connectivity index (χ1v) is 5.43. The molecule has 4 atom stereocenters. The molecule has 4 aliphatic rings. The fourth-order valence-corrected chi connectivity index (χ4v) is 4.40. The van der Waals surface area contributed by atoms with Gasteiger partial charge in [-0.05, 0) is 49.9 Å². The summed E-state index contributed by atoms with van der Waals surface area (Å²) in [6.07, 6.45) is 6.69. The molecule has 4 saturated carbocycles. The second kappa shape index (κ2) is 2.09. The van der Waals surface area contributed by atoms with Gasteiger partial charge in [-0.1, -0.05) is 12.2 Å². The van der Waals surface area contributed by atoms with Crippen LogP contribution in [0, 0.1) is 17.8 Å². The maximum Gasteiger partial charge on any atom is 0.0660 e. The maximum atomic E-state index is 6.58. The van der Waals surface area contributed by atoms with Gasteiger partial charge in [0.25, 0.3) is 0 Å². The highest BCUT2D eigenvalue weighted by Gasteiger charge is 2.52. The predicted octanol–water partition coefficient (Wildman–Crippen LogP) is 3.36. The van der Waals surface area contributed by atoms with E-state index in [2.05, 4.69) is 6.58 Å². The second-order valence-electron chi connectivity index (χ2n) is 5.03. The summed E-state index contributed by atoms with van der Waals surface area (Å²) in [7, 11) is 0. The van der Waals surface area contributed by atoms with E-state index in [1.807, 2.05) is 0 Å². The van der Waals surface area contributed by atoms with E-state index in [1.165, 1.54) is 37.7 Å². The largest absolute Gasteiger partial charge is 0.114 e. The van der Waals surface area contributed by atoms with E-state index in [4.69, 9.17) is 11.6 Å². The topological polar surface area (TPSA) is 0 Å². The van der Waals surface area contributed by atoms with Crippen molar-refractivity contribution in [3.8, 4) is 0 Å². The van der Waals surface area contributed by atoms with E-state index in [1.54, 1.807) is 0 Å². The molecule has 12 heavy (non-hydrogen) atoms. The molecule has 0 radical (unpaired) electrons. The van der Waals surface area contributed by atoms with Gasteiger partial charge in [-0.2, -0.15) is 0 Å². The summed E-state index contributed by atoms with van der Waals surface area (Å²) < 4.78 is 0. The fourth-order valence-electron chi connectivity index (χ4n) is 3.81. The molecule has 0 aromatic rings. The van der Waals surface area contributed by atoms with Gasteiger partial charge in [0, 0.05) is 0 Å². The molecular formula is C11H15Cl. The SMILES string of the molecule is C=C1C2C[C@@H]3C[C@H](C2)CC1(Cl)C3. The van der Waals surface area contributed by atoms with Gasteiger partial charge in [-0.25, -0.2) is 0 Å². The molecule has 1 heteroatoms. The molecule has 0 aromatic heterocycles. The summed E-state index contributed by atoms with van der Waals surface area (Å²) in [4.78, 5) is 0.0365. The molecule has 0 heterocycles. The van der Waals surface area contributed by atoms with Crippen LogP contribution < -0.4 is 0 Å². The van der Waals surface area contributed by atoms with Crippen LogP contribution in [-0.4, -0.2) is 4.87 Å². The average Bonchev–Trinajstić information content (AvgIpc) is 1.98. The van der Waals surface area contributed by atoms with Gasteiger partial charge in [-0.15, -0.1) is 11.6 Å². The Hall–Kier alpha value is 0.0300. The molecule has 4 bridgehead atoms. The molecule has 0 amide bonds. The third kappa shape index (κ3) is 0.797. The van der Waals surface area contributed by atoms with Gasteiger partial charge in [0.05, 0.1) is 4.87 Å². The van der Waals surface area contributed by atoms with Crippen LogP contribution in [-0.2, 0) is 0 Å². The Labute approximate surface area is 79.0 Å². The number of hydrogen-bond donors (Lipinski definition) is 0. The molecule has 2 unspecified atom stereocenters. The van der Waals surface area contributed by atoms with Crippen LogP contribution in [0.5, 0.6) is 0 Å². The Bertz CT molecular complexity index is 229. The van der Waals surface area contributed by atoms with Crippen molar-refractivity contribution in [1.82, 2.24) is 0 Å². The lowest BCUT2D eigenvalue weighted by molar-refractivity contribution is 0.0834. The Balaban J connectivity index is 2.02. The first kappa shape index (κ1) is 7.44. The third-order valence-electron chi connectivity index (χ3n) is 4.20. The van der Waals surface area contributed by atoms with Crippen molar-refractivity contribution >= 4 is 11.6 Å². The molecule has 0 nitrogen and oxygen atoms in total. The van der Waals surface area contributed by atoms with Crippen molar-refractivity contribution in [1.29, 1.82) is 0 Å². The van der Waals surface area contributed by atoms with Crippen molar-refractivity contribution in [2.45, 2.75) is 37.0 Å². The van der Waals surface area contributed by atoms with Crippen LogP contribution in [0.2, 0.25) is 0 Å². The van der Waals surface area contributed by atoms with Crippen LogP contribution in [0.15, 0.2) is 12.2 Å². The monoisotopic (exact) mass is 182 g/mol. The van der Waals surface area contributed by atoms with Crippen LogP contribution >= 0.6 is 11.6 Å². The van der Waals surface area contributed by atoms with Gasteiger partial charge in [0.15, 0.2) is 0 Å². The van der Waals surface area contributed by atoms with Gasteiger partial charge < -0.3 is 0 Å². The standard InChI is InChI=1S/C11H15Cl/c1-7-10-3-8-2-9(4-10)6-11(7,12)5-8/h8-10H,1-6H2/t8-,9+,10?,11?. The molecule has 4 aliphatic carbocycles. The first-order valence-electron chi connectivity index (χ1n) is 5.05. The first-order chi connectivity index (χ1) is 5.67. The molecule has 0 saturated heterocycles. The minimum Gasteiger partial charge on any atom is -0.114 e. The number of rotatable bonds is 0. The van der Waals surface area contributed by atoms with Gasteiger partial charge in [0.1, 0.15) is 0 Å². The summed E-state index contributed by atoms with van der Waals surface area (Å²) >= 11 is 6.58. The van der Waals surface area contributed by atoms with E-state index in [-0.39, 0.29) is 4.87 Å². The Kier molecular flexibility index (Phi) is 1.30. The molecule has 4 rings (SSSR count). The second-order valence-corrected chi connectivity index (χ2v) is 5.76. The Morgan fingerprint density at radius 2 is 1.75 bits per heavy atom. The van der Waals surface area contributed by atoms with Crippen LogP contribution in [0.4, 0.5) is 0 Å². The zero-order valence-electron chi connectivity index (χ0n) is 7.35. The van der Waals surface area contributed by atoms with E-state index in [0.29, 0.717) is 0 Å². The number of alkyl halides is 1. The normalized spacial score (nSPS) is 56.4. The minimum absolute atomic E-state index is 0.0365.